The average Bonchev–Trinajstić information content (AvgIpc) is 3.43. The van der Waals surface area contributed by atoms with Crippen molar-refractivity contribution in [3.05, 3.63) is 63.0 Å². The van der Waals surface area contributed by atoms with E-state index >= 15 is 0 Å². The molecule has 0 spiro atoms. The quantitative estimate of drug-likeness (QED) is 0.432. The molecule has 9 nitrogen and oxygen atoms in total. The Bertz CT molecular complexity index is 1300. The summed E-state index contributed by atoms with van der Waals surface area (Å²) in [6.45, 7) is 0. The molecule has 0 amide bonds. The number of H-pyrrole nitrogens is 1. The molecule has 3 aromatic heterocycles. The summed E-state index contributed by atoms with van der Waals surface area (Å²) in [4.78, 5) is 26.4. The van der Waals surface area contributed by atoms with Gasteiger partial charge in [0.15, 0.2) is 5.82 Å². The van der Waals surface area contributed by atoms with Gasteiger partial charge in [-0.1, -0.05) is 29.3 Å². The van der Waals surface area contributed by atoms with Crippen LogP contribution in [-0.2, 0) is 0 Å². The van der Waals surface area contributed by atoms with E-state index in [9.17, 15) is 4.79 Å². The minimum absolute atomic E-state index is 0.174. The fourth-order valence-electron chi connectivity index (χ4n) is 3.48. The van der Waals surface area contributed by atoms with E-state index in [2.05, 4.69) is 25.5 Å². The van der Waals surface area contributed by atoms with Gasteiger partial charge in [-0.25, -0.2) is 19.5 Å². The molecule has 1 atom stereocenters. The van der Waals surface area contributed by atoms with Crippen molar-refractivity contribution in [1.29, 1.82) is 0 Å². The second kappa shape index (κ2) is 7.26. The van der Waals surface area contributed by atoms with E-state index in [-0.39, 0.29) is 28.4 Å². The number of rotatable bonds is 5. The number of nitrogen functional groups attached to an aromatic ring is 1. The monoisotopic (exact) mass is 442 g/mol. The Morgan fingerprint density at radius 2 is 2.07 bits per heavy atom. The maximum Gasteiger partial charge on any atom is 0.268 e. The molecule has 0 aliphatic heterocycles. The molecule has 1 fully saturated rings. The largest absolute Gasteiger partial charge is 0.382 e. The maximum absolute atomic E-state index is 13.5. The van der Waals surface area contributed by atoms with Crippen LogP contribution in [0.3, 0.4) is 0 Å². The summed E-state index contributed by atoms with van der Waals surface area (Å²) in [5.74, 6) is 1.81. The number of nitrogens with two attached hydrogens (primary N) is 1. The predicted molar refractivity (Wildman–Crippen MR) is 115 cm³/mol. The van der Waals surface area contributed by atoms with Crippen molar-refractivity contribution in [1.82, 2.24) is 29.7 Å². The van der Waals surface area contributed by atoms with Crippen molar-refractivity contribution >= 4 is 45.7 Å². The van der Waals surface area contributed by atoms with E-state index in [0.29, 0.717) is 33.4 Å². The van der Waals surface area contributed by atoms with Gasteiger partial charge in [0.25, 0.3) is 5.56 Å². The number of anilines is 2. The van der Waals surface area contributed by atoms with Crippen LogP contribution >= 0.6 is 23.2 Å². The fourth-order valence-corrected chi connectivity index (χ4v) is 3.88. The average molecular weight is 443 g/mol. The van der Waals surface area contributed by atoms with Crippen molar-refractivity contribution in [3.63, 3.8) is 0 Å². The molecule has 152 valence electrons. The Morgan fingerprint density at radius 1 is 1.23 bits per heavy atom. The lowest BCUT2D eigenvalue weighted by Gasteiger charge is -2.23. The number of hydrogen-bond acceptors (Lipinski definition) is 7. The topological polar surface area (TPSA) is 127 Å². The van der Waals surface area contributed by atoms with Crippen LogP contribution in [0.5, 0.6) is 0 Å². The molecule has 1 aliphatic carbocycles. The molecule has 0 saturated heterocycles. The fraction of sp³-hybridized carbons (Fsp3) is 0.211. The van der Waals surface area contributed by atoms with Gasteiger partial charge in [0.05, 0.1) is 28.2 Å². The SMILES string of the molecule is Nc1ncnc(N[C@H](c2nc3cccc(Cl)c3c(=O)n2-c2ccn[nH]2)C2CC2)c1Cl. The zero-order chi connectivity index (χ0) is 20.8. The van der Waals surface area contributed by atoms with Crippen LogP contribution in [0, 0.1) is 5.92 Å². The molecule has 4 N–H and O–H groups in total. The molecule has 1 saturated carbocycles. The summed E-state index contributed by atoms with van der Waals surface area (Å²) in [5, 5.41) is 11.1. The van der Waals surface area contributed by atoms with E-state index in [1.165, 1.54) is 10.9 Å². The number of benzene rings is 1. The predicted octanol–water partition coefficient (Wildman–Crippen LogP) is 3.35. The lowest BCUT2D eigenvalue weighted by molar-refractivity contribution is 0.605. The number of fused-ring (bicyclic) bond motifs is 1. The standard InChI is InChI=1S/C19H16Cl2N8O/c20-10-2-1-3-11-13(10)19(30)29(12-6-7-25-28-12)18(26-11)15(9-4-5-9)27-17-14(21)16(22)23-8-24-17/h1-3,6-9,15H,4-5H2,(H,25,28)(H3,22,23,24,27)/t15-/m0/s1. The first-order chi connectivity index (χ1) is 14.5. The van der Waals surface area contributed by atoms with E-state index in [0.717, 1.165) is 12.8 Å². The summed E-state index contributed by atoms with van der Waals surface area (Å²) < 4.78 is 1.50. The van der Waals surface area contributed by atoms with Gasteiger partial charge in [0.2, 0.25) is 0 Å². The van der Waals surface area contributed by atoms with Gasteiger partial charge in [-0.05, 0) is 30.9 Å². The number of hydrogen-bond donors (Lipinski definition) is 3. The Kier molecular flexibility index (Phi) is 4.56. The first-order valence-corrected chi connectivity index (χ1v) is 10.0. The van der Waals surface area contributed by atoms with Crippen LogP contribution in [0.2, 0.25) is 10.0 Å². The maximum atomic E-state index is 13.5. The van der Waals surface area contributed by atoms with Crippen molar-refractivity contribution in [3.8, 4) is 5.82 Å². The minimum Gasteiger partial charge on any atom is -0.382 e. The van der Waals surface area contributed by atoms with E-state index < -0.39 is 0 Å². The van der Waals surface area contributed by atoms with E-state index in [1.807, 2.05) is 0 Å². The first kappa shape index (κ1) is 18.8. The number of halogens is 2. The van der Waals surface area contributed by atoms with Gasteiger partial charge in [-0.3, -0.25) is 9.89 Å². The van der Waals surface area contributed by atoms with Gasteiger partial charge < -0.3 is 11.1 Å². The van der Waals surface area contributed by atoms with Crippen LogP contribution in [0.4, 0.5) is 11.6 Å². The molecule has 1 aliphatic rings. The molecular weight excluding hydrogens is 427 g/mol. The molecule has 5 rings (SSSR count). The summed E-state index contributed by atoms with van der Waals surface area (Å²) >= 11 is 12.6. The molecule has 30 heavy (non-hydrogen) atoms. The molecule has 0 unspecified atom stereocenters. The Labute approximate surface area is 180 Å². The summed E-state index contributed by atoms with van der Waals surface area (Å²) in [6, 6.07) is 6.57. The number of nitrogens with one attached hydrogen (secondary N) is 2. The zero-order valence-electron chi connectivity index (χ0n) is 15.5. The smallest absolute Gasteiger partial charge is 0.268 e. The highest BCUT2D eigenvalue weighted by molar-refractivity contribution is 6.35. The van der Waals surface area contributed by atoms with Crippen molar-refractivity contribution < 1.29 is 0 Å². The van der Waals surface area contributed by atoms with E-state index in [4.69, 9.17) is 33.9 Å². The van der Waals surface area contributed by atoms with E-state index in [1.54, 1.807) is 30.5 Å². The molecular formula is C19H16Cl2N8O. The van der Waals surface area contributed by atoms with Gasteiger partial charge in [-0.15, -0.1) is 0 Å². The van der Waals surface area contributed by atoms with Crippen LogP contribution in [0.1, 0.15) is 24.7 Å². The zero-order valence-corrected chi connectivity index (χ0v) is 17.0. The van der Waals surface area contributed by atoms with Crippen molar-refractivity contribution in [2.24, 2.45) is 5.92 Å². The molecule has 0 radical (unpaired) electrons. The van der Waals surface area contributed by atoms with Crippen molar-refractivity contribution in [2.45, 2.75) is 18.9 Å². The molecule has 3 heterocycles. The van der Waals surface area contributed by atoms with Gasteiger partial charge >= 0.3 is 0 Å². The Morgan fingerprint density at radius 3 is 2.80 bits per heavy atom. The summed E-state index contributed by atoms with van der Waals surface area (Å²) in [6.07, 6.45) is 4.86. The van der Waals surface area contributed by atoms with Crippen LogP contribution in [-0.4, -0.2) is 29.7 Å². The summed E-state index contributed by atoms with van der Waals surface area (Å²) in [5.41, 5.74) is 6.05. The normalized spacial score (nSPS) is 14.7. The Balaban J connectivity index is 1.74. The molecule has 4 aromatic rings. The highest BCUT2D eigenvalue weighted by Gasteiger charge is 2.37. The van der Waals surface area contributed by atoms with Crippen LogP contribution < -0.4 is 16.6 Å². The lowest BCUT2D eigenvalue weighted by atomic mass is 10.1. The van der Waals surface area contributed by atoms with Crippen LogP contribution in [0.25, 0.3) is 16.7 Å². The molecule has 0 bridgehead atoms. The summed E-state index contributed by atoms with van der Waals surface area (Å²) in [7, 11) is 0. The second-order valence-electron chi connectivity index (χ2n) is 7.07. The number of aromatic amines is 1. The van der Waals surface area contributed by atoms with Gasteiger partial charge in [0, 0.05) is 6.07 Å². The minimum atomic E-state index is -0.337. The highest BCUT2D eigenvalue weighted by atomic mass is 35.5. The molecule has 1 aromatic carbocycles. The highest BCUT2D eigenvalue weighted by Crippen LogP contribution is 2.43. The number of nitrogens with zero attached hydrogens (tertiary/aromatic N) is 5. The second-order valence-corrected chi connectivity index (χ2v) is 7.85. The first-order valence-electron chi connectivity index (χ1n) is 9.28. The lowest BCUT2D eigenvalue weighted by Crippen LogP contribution is -2.29. The third-order valence-electron chi connectivity index (χ3n) is 5.08. The van der Waals surface area contributed by atoms with Gasteiger partial charge in [-0.2, -0.15) is 5.10 Å². The third-order valence-corrected chi connectivity index (χ3v) is 5.77. The number of aromatic nitrogens is 6. The Hall–Kier alpha value is -3.17. The van der Waals surface area contributed by atoms with Crippen LogP contribution in [0.15, 0.2) is 41.6 Å². The third kappa shape index (κ3) is 3.16. The van der Waals surface area contributed by atoms with Gasteiger partial charge in [0.1, 0.15) is 28.8 Å². The molecule has 11 heteroatoms. The van der Waals surface area contributed by atoms with Crippen molar-refractivity contribution in [2.75, 3.05) is 11.1 Å².